The van der Waals surface area contributed by atoms with Gasteiger partial charge in [0.25, 0.3) is 0 Å². The lowest BCUT2D eigenvalue weighted by Gasteiger charge is -2.08. The Morgan fingerprint density at radius 2 is 2.10 bits per heavy atom. The maximum atomic E-state index is 11.5. The molecule has 0 aliphatic carbocycles. The molecule has 0 aliphatic heterocycles. The lowest BCUT2D eigenvalue weighted by Crippen LogP contribution is -2.10. The monoisotopic (exact) mass is 271 g/mol. The molecule has 1 aromatic carbocycles. The van der Waals surface area contributed by atoms with Gasteiger partial charge in [0.15, 0.2) is 0 Å². The van der Waals surface area contributed by atoms with E-state index in [4.69, 9.17) is 4.74 Å². The van der Waals surface area contributed by atoms with Crippen molar-refractivity contribution in [3.05, 3.63) is 60.9 Å². The minimum atomic E-state index is 0.00524. The van der Waals surface area contributed by atoms with Crippen LogP contribution in [0.5, 0.6) is 5.75 Å². The van der Waals surface area contributed by atoms with E-state index in [1.807, 2.05) is 38.1 Å². The van der Waals surface area contributed by atoms with Gasteiger partial charge in [-0.25, -0.2) is 0 Å². The van der Waals surface area contributed by atoms with E-state index in [0.717, 1.165) is 17.7 Å². The van der Waals surface area contributed by atoms with E-state index >= 15 is 0 Å². The number of anilines is 1. The zero-order valence-electron chi connectivity index (χ0n) is 12.1. The van der Waals surface area contributed by atoms with E-state index in [9.17, 15) is 4.79 Å². The number of benzene rings is 1. The van der Waals surface area contributed by atoms with Gasteiger partial charge in [-0.05, 0) is 31.6 Å². The van der Waals surface area contributed by atoms with Crippen molar-refractivity contribution in [2.45, 2.75) is 26.7 Å². The van der Waals surface area contributed by atoms with Crippen LogP contribution in [0.2, 0.25) is 0 Å². The number of amides is 1. The van der Waals surface area contributed by atoms with Crippen LogP contribution in [0.1, 0.15) is 26.7 Å². The van der Waals surface area contributed by atoms with Crippen LogP contribution in [0.15, 0.2) is 60.9 Å². The van der Waals surface area contributed by atoms with Gasteiger partial charge in [-0.1, -0.05) is 37.8 Å². The van der Waals surface area contributed by atoms with Crippen LogP contribution in [0.25, 0.3) is 0 Å². The predicted molar refractivity (Wildman–Crippen MR) is 83.7 cm³/mol. The Hall–Kier alpha value is -2.29. The molecule has 0 aliphatic rings. The van der Waals surface area contributed by atoms with Crippen molar-refractivity contribution in [1.82, 2.24) is 0 Å². The zero-order valence-corrected chi connectivity index (χ0v) is 12.1. The summed E-state index contributed by atoms with van der Waals surface area (Å²) >= 11 is 0. The highest BCUT2D eigenvalue weighted by atomic mass is 16.5. The van der Waals surface area contributed by atoms with Crippen LogP contribution in [0.3, 0.4) is 0 Å². The largest absolute Gasteiger partial charge is 0.458 e. The Kier molecular flexibility index (Phi) is 6.30. The van der Waals surface area contributed by atoms with E-state index in [1.165, 1.54) is 0 Å². The second-order valence-electron chi connectivity index (χ2n) is 4.57. The van der Waals surface area contributed by atoms with E-state index in [-0.39, 0.29) is 5.91 Å². The summed E-state index contributed by atoms with van der Waals surface area (Å²) in [7, 11) is 0. The molecule has 0 atom stereocenters. The van der Waals surface area contributed by atoms with Crippen molar-refractivity contribution in [1.29, 1.82) is 0 Å². The molecule has 0 spiro atoms. The minimum Gasteiger partial charge on any atom is -0.458 e. The predicted octanol–water partition coefficient (Wildman–Crippen LogP) is 4.45. The van der Waals surface area contributed by atoms with Gasteiger partial charge in [0.05, 0.1) is 0 Å². The lowest BCUT2D eigenvalue weighted by atomic mass is 10.2. The summed E-state index contributed by atoms with van der Waals surface area (Å²) in [5.41, 5.74) is 1.65. The molecule has 0 bridgehead atoms. The first-order chi connectivity index (χ1) is 9.51. The lowest BCUT2D eigenvalue weighted by molar-refractivity contribution is -0.116. The van der Waals surface area contributed by atoms with Gasteiger partial charge in [0.1, 0.15) is 11.5 Å². The van der Waals surface area contributed by atoms with Gasteiger partial charge in [-0.2, -0.15) is 0 Å². The summed E-state index contributed by atoms with van der Waals surface area (Å²) in [6.45, 7) is 11.4. The van der Waals surface area contributed by atoms with Crippen LogP contribution in [-0.4, -0.2) is 5.91 Å². The Balaban J connectivity index is 2.66. The van der Waals surface area contributed by atoms with E-state index < -0.39 is 0 Å². The number of carbonyl (C=O) groups is 1. The number of ether oxygens (including phenoxy) is 1. The average Bonchev–Trinajstić information content (AvgIpc) is 2.37. The van der Waals surface area contributed by atoms with Crippen LogP contribution < -0.4 is 10.1 Å². The molecule has 1 aromatic rings. The Bertz CT molecular complexity index is 530. The molecule has 0 heterocycles. The van der Waals surface area contributed by atoms with Crippen LogP contribution in [0, 0.1) is 0 Å². The van der Waals surface area contributed by atoms with Crippen molar-refractivity contribution >= 4 is 11.6 Å². The van der Waals surface area contributed by atoms with E-state index in [1.54, 1.807) is 12.1 Å². The van der Waals surface area contributed by atoms with E-state index in [0.29, 0.717) is 17.9 Å². The molecule has 0 fully saturated rings. The SMILES string of the molecule is C=C(C)/C=C\C(=C)Oc1cccc(NC(=O)CCC)c1. The standard InChI is InChI=1S/C17H21NO2/c1-5-7-17(19)18-15-8-6-9-16(12-15)20-14(4)11-10-13(2)3/h6,8-12H,2,4-5,7H2,1,3H3,(H,18,19)/b11-10-. The molecule has 1 N–H and O–H groups in total. The maximum Gasteiger partial charge on any atom is 0.224 e. The second-order valence-corrected chi connectivity index (χ2v) is 4.57. The third-order valence-electron chi connectivity index (χ3n) is 2.40. The summed E-state index contributed by atoms with van der Waals surface area (Å²) < 4.78 is 5.57. The molecule has 1 rings (SSSR count). The molecule has 3 nitrogen and oxygen atoms in total. The number of nitrogens with one attached hydrogen (secondary N) is 1. The fourth-order valence-corrected chi connectivity index (χ4v) is 1.51. The third-order valence-corrected chi connectivity index (χ3v) is 2.40. The molecule has 0 radical (unpaired) electrons. The summed E-state index contributed by atoms with van der Waals surface area (Å²) in [4.78, 5) is 11.5. The average molecular weight is 271 g/mol. The Labute approximate surface area is 120 Å². The highest BCUT2D eigenvalue weighted by Gasteiger charge is 2.02. The topological polar surface area (TPSA) is 38.3 Å². The number of carbonyl (C=O) groups excluding carboxylic acids is 1. The van der Waals surface area contributed by atoms with Gasteiger partial charge in [0, 0.05) is 18.2 Å². The molecule has 3 heteroatoms. The normalized spacial score (nSPS) is 10.3. The molecular formula is C17H21NO2. The highest BCUT2D eigenvalue weighted by molar-refractivity contribution is 5.90. The van der Waals surface area contributed by atoms with Crippen LogP contribution in [-0.2, 0) is 4.79 Å². The first kappa shape index (κ1) is 15.8. The van der Waals surface area contributed by atoms with Crippen molar-refractivity contribution in [3.63, 3.8) is 0 Å². The van der Waals surface area contributed by atoms with Gasteiger partial charge >= 0.3 is 0 Å². The second kappa shape index (κ2) is 8.00. The Morgan fingerprint density at radius 1 is 1.35 bits per heavy atom. The third kappa shape index (κ3) is 6.05. The van der Waals surface area contributed by atoms with Gasteiger partial charge in [-0.3, -0.25) is 4.79 Å². The number of hydrogen-bond acceptors (Lipinski definition) is 2. The molecule has 0 aromatic heterocycles. The number of rotatable bonds is 7. The van der Waals surface area contributed by atoms with Gasteiger partial charge < -0.3 is 10.1 Å². The fourth-order valence-electron chi connectivity index (χ4n) is 1.51. The molecule has 20 heavy (non-hydrogen) atoms. The van der Waals surface area contributed by atoms with E-state index in [2.05, 4.69) is 18.5 Å². The Morgan fingerprint density at radius 3 is 2.75 bits per heavy atom. The molecule has 0 saturated heterocycles. The molecule has 0 unspecified atom stereocenters. The fraction of sp³-hybridized carbons (Fsp3) is 0.235. The van der Waals surface area contributed by atoms with Crippen LogP contribution in [0.4, 0.5) is 5.69 Å². The smallest absolute Gasteiger partial charge is 0.224 e. The summed E-state index contributed by atoms with van der Waals surface area (Å²) in [6.07, 6.45) is 4.92. The molecule has 1 amide bonds. The summed E-state index contributed by atoms with van der Waals surface area (Å²) in [5.74, 6) is 1.16. The van der Waals surface area contributed by atoms with Crippen molar-refractivity contribution in [2.24, 2.45) is 0 Å². The summed E-state index contributed by atoms with van der Waals surface area (Å²) in [6, 6.07) is 7.24. The van der Waals surface area contributed by atoms with Gasteiger partial charge in [0.2, 0.25) is 5.91 Å². The summed E-state index contributed by atoms with van der Waals surface area (Å²) in [5, 5.41) is 2.83. The number of allylic oxidation sites excluding steroid dienone is 3. The van der Waals surface area contributed by atoms with Crippen molar-refractivity contribution in [2.75, 3.05) is 5.32 Å². The zero-order chi connectivity index (χ0) is 15.0. The molecule has 0 saturated carbocycles. The first-order valence-corrected chi connectivity index (χ1v) is 6.61. The minimum absolute atomic E-state index is 0.00524. The first-order valence-electron chi connectivity index (χ1n) is 6.61. The van der Waals surface area contributed by atoms with Crippen LogP contribution >= 0.6 is 0 Å². The van der Waals surface area contributed by atoms with Crippen molar-refractivity contribution < 1.29 is 9.53 Å². The quantitative estimate of drug-likeness (QED) is 0.587. The highest BCUT2D eigenvalue weighted by Crippen LogP contribution is 2.19. The van der Waals surface area contributed by atoms with Gasteiger partial charge in [-0.15, -0.1) is 0 Å². The number of hydrogen-bond donors (Lipinski definition) is 1. The molecule has 106 valence electrons. The molecular weight excluding hydrogens is 250 g/mol. The maximum absolute atomic E-state index is 11.5. The van der Waals surface area contributed by atoms with Crippen molar-refractivity contribution in [3.8, 4) is 5.75 Å².